The van der Waals surface area contributed by atoms with E-state index in [1.807, 2.05) is 0 Å². The van der Waals surface area contributed by atoms with Crippen molar-refractivity contribution in [2.45, 2.75) is 19.4 Å². The number of benzene rings is 1. The summed E-state index contributed by atoms with van der Waals surface area (Å²) in [5, 5.41) is 18.5. The average Bonchev–Trinajstić information content (AvgIpc) is 2.38. The van der Waals surface area contributed by atoms with Crippen molar-refractivity contribution in [3.8, 4) is 5.75 Å². The lowest BCUT2D eigenvalue weighted by Gasteiger charge is -2.18. The van der Waals surface area contributed by atoms with Crippen LogP contribution in [-0.2, 0) is 4.79 Å². The molecule has 0 heterocycles. The van der Waals surface area contributed by atoms with E-state index in [-0.39, 0.29) is 16.9 Å². The molecule has 1 unspecified atom stereocenters. The molecule has 0 saturated heterocycles. The first-order chi connectivity index (χ1) is 8.77. The highest BCUT2D eigenvalue weighted by Gasteiger charge is 2.30. The highest BCUT2D eigenvalue weighted by Crippen LogP contribution is 2.17. The summed E-state index contributed by atoms with van der Waals surface area (Å²) in [6.45, 7) is 5.54. The van der Waals surface area contributed by atoms with Gasteiger partial charge in [-0.3, -0.25) is 4.79 Å². The second kappa shape index (κ2) is 5.77. The van der Waals surface area contributed by atoms with Crippen LogP contribution in [0.5, 0.6) is 5.75 Å². The number of carbonyl (C=O) groups is 2. The van der Waals surface area contributed by atoms with Gasteiger partial charge in [-0.15, -0.1) is 0 Å². The standard InChI is InChI=1S/C14H16O5/c1-9(2)13(17)19-11-6-4-10(5-7-11)12(16)14(3,18)8-15/h4-7,15,18H,1,8H2,2-3H3. The van der Waals surface area contributed by atoms with Gasteiger partial charge in [-0.1, -0.05) is 6.58 Å². The molecule has 19 heavy (non-hydrogen) atoms. The fourth-order valence-corrected chi connectivity index (χ4v) is 1.25. The van der Waals surface area contributed by atoms with Crippen LogP contribution in [0.3, 0.4) is 0 Å². The summed E-state index contributed by atoms with van der Waals surface area (Å²) in [4.78, 5) is 23.1. The predicted molar refractivity (Wildman–Crippen MR) is 68.9 cm³/mol. The third-order valence-electron chi connectivity index (χ3n) is 2.47. The lowest BCUT2D eigenvalue weighted by atomic mass is 9.96. The van der Waals surface area contributed by atoms with E-state index in [1.165, 1.54) is 38.1 Å². The molecule has 1 atom stereocenters. The van der Waals surface area contributed by atoms with E-state index in [4.69, 9.17) is 9.84 Å². The maximum Gasteiger partial charge on any atom is 0.338 e. The quantitative estimate of drug-likeness (QED) is 0.360. The molecule has 0 aliphatic heterocycles. The molecule has 0 fully saturated rings. The summed E-state index contributed by atoms with van der Waals surface area (Å²) in [7, 11) is 0. The van der Waals surface area contributed by atoms with E-state index in [0.717, 1.165) is 0 Å². The molecule has 102 valence electrons. The van der Waals surface area contributed by atoms with Crippen LogP contribution in [0.2, 0.25) is 0 Å². The molecule has 1 aromatic carbocycles. The molecule has 1 rings (SSSR count). The number of hydrogen-bond donors (Lipinski definition) is 2. The monoisotopic (exact) mass is 264 g/mol. The topological polar surface area (TPSA) is 83.8 Å². The zero-order valence-electron chi connectivity index (χ0n) is 10.8. The number of aliphatic hydroxyl groups excluding tert-OH is 1. The Morgan fingerprint density at radius 2 is 1.84 bits per heavy atom. The number of aliphatic hydroxyl groups is 2. The average molecular weight is 264 g/mol. The van der Waals surface area contributed by atoms with Crippen molar-refractivity contribution < 1.29 is 24.5 Å². The molecule has 0 radical (unpaired) electrons. The van der Waals surface area contributed by atoms with Gasteiger partial charge in [0.25, 0.3) is 0 Å². The minimum Gasteiger partial charge on any atom is -0.423 e. The van der Waals surface area contributed by atoms with Crippen LogP contribution in [-0.4, -0.2) is 34.2 Å². The van der Waals surface area contributed by atoms with Crippen LogP contribution in [0.4, 0.5) is 0 Å². The molecule has 2 N–H and O–H groups in total. The van der Waals surface area contributed by atoms with Crippen LogP contribution in [0.15, 0.2) is 36.4 Å². The zero-order chi connectivity index (χ0) is 14.6. The number of ether oxygens (including phenoxy) is 1. The van der Waals surface area contributed by atoms with Gasteiger partial charge in [-0.05, 0) is 38.1 Å². The summed E-state index contributed by atoms with van der Waals surface area (Å²) in [5.41, 5.74) is -1.34. The summed E-state index contributed by atoms with van der Waals surface area (Å²) >= 11 is 0. The molecule has 5 nitrogen and oxygen atoms in total. The molecular weight excluding hydrogens is 248 g/mol. The van der Waals surface area contributed by atoms with Gasteiger partial charge in [-0.2, -0.15) is 0 Å². The predicted octanol–water partition coefficient (Wildman–Crippen LogP) is 1.09. The smallest absolute Gasteiger partial charge is 0.338 e. The Hall–Kier alpha value is -1.98. The van der Waals surface area contributed by atoms with Crippen LogP contribution in [0.25, 0.3) is 0 Å². The lowest BCUT2D eigenvalue weighted by Crippen LogP contribution is -2.38. The second-order valence-electron chi connectivity index (χ2n) is 4.46. The van der Waals surface area contributed by atoms with Crippen LogP contribution >= 0.6 is 0 Å². The maximum atomic E-state index is 11.8. The second-order valence-corrected chi connectivity index (χ2v) is 4.46. The van der Waals surface area contributed by atoms with Crippen molar-refractivity contribution in [1.29, 1.82) is 0 Å². The number of ketones is 1. The zero-order valence-corrected chi connectivity index (χ0v) is 10.8. The SMILES string of the molecule is C=C(C)C(=O)Oc1ccc(C(=O)C(C)(O)CO)cc1. The summed E-state index contributed by atoms with van der Waals surface area (Å²) in [5.74, 6) is -0.887. The van der Waals surface area contributed by atoms with Crippen molar-refractivity contribution in [3.63, 3.8) is 0 Å². The number of rotatable bonds is 5. The summed E-state index contributed by atoms with van der Waals surface area (Å²) < 4.78 is 4.96. The van der Waals surface area contributed by atoms with Gasteiger partial charge in [0.2, 0.25) is 0 Å². The highest BCUT2D eigenvalue weighted by atomic mass is 16.5. The summed E-state index contributed by atoms with van der Waals surface area (Å²) in [6, 6.07) is 5.68. The number of esters is 1. The number of hydrogen-bond acceptors (Lipinski definition) is 5. The Labute approximate surface area is 111 Å². The van der Waals surface area contributed by atoms with Gasteiger partial charge in [0.1, 0.15) is 11.4 Å². The Kier molecular flexibility index (Phi) is 4.58. The van der Waals surface area contributed by atoms with Crippen molar-refractivity contribution >= 4 is 11.8 Å². The van der Waals surface area contributed by atoms with E-state index in [2.05, 4.69) is 6.58 Å². The first-order valence-electron chi connectivity index (χ1n) is 5.63. The van der Waals surface area contributed by atoms with Gasteiger partial charge in [0, 0.05) is 11.1 Å². The molecule has 0 bridgehead atoms. The van der Waals surface area contributed by atoms with E-state index in [1.54, 1.807) is 0 Å². The fourth-order valence-electron chi connectivity index (χ4n) is 1.25. The molecule has 0 aromatic heterocycles. The first-order valence-corrected chi connectivity index (χ1v) is 5.63. The minimum absolute atomic E-state index is 0.217. The van der Waals surface area contributed by atoms with Gasteiger partial charge >= 0.3 is 5.97 Å². The molecule has 0 spiro atoms. The van der Waals surface area contributed by atoms with Crippen molar-refractivity contribution in [3.05, 3.63) is 42.0 Å². The van der Waals surface area contributed by atoms with Crippen LogP contribution < -0.4 is 4.74 Å². The van der Waals surface area contributed by atoms with Crippen molar-refractivity contribution in [2.24, 2.45) is 0 Å². The van der Waals surface area contributed by atoms with E-state index in [9.17, 15) is 14.7 Å². The summed E-state index contributed by atoms with van der Waals surface area (Å²) in [6.07, 6.45) is 0. The van der Waals surface area contributed by atoms with Gasteiger partial charge in [-0.25, -0.2) is 4.79 Å². The van der Waals surface area contributed by atoms with E-state index < -0.39 is 24.0 Å². The molecular formula is C14H16O5. The van der Waals surface area contributed by atoms with Crippen LogP contribution in [0.1, 0.15) is 24.2 Å². The van der Waals surface area contributed by atoms with E-state index >= 15 is 0 Å². The number of Topliss-reactive ketones (excluding diaryl/α,β-unsaturated/α-hetero) is 1. The Balaban J connectivity index is 2.85. The normalized spacial score (nSPS) is 13.5. The lowest BCUT2D eigenvalue weighted by molar-refractivity contribution is -0.130. The van der Waals surface area contributed by atoms with Crippen LogP contribution in [0, 0.1) is 0 Å². The molecule has 5 heteroatoms. The molecule has 0 saturated carbocycles. The highest BCUT2D eigenvalue weighted by molar-refractivity contribution is 6.02. The van der Waals surface area contributed by atoms with Crippen molar-refractivity contribution in [1.82, 2.24) is 0 Å². The molecule has 0 aliphatic carbocycles. The molecule has 0 aliphatic rings. The molecule has 0 amide bonds. The Morgan fingerprint density at radius 1 is 1.32 bits per heavy atom. The first kappa shape index (κ1) is 15.1. The Bertz CT molecular complexity index is 499. The Morgan fingerprint density at radius 3 is 2.26 bits per heavy atom. The number of carbonyl (C=O) groups excluding carboxylic acids is 2. The van der Waals surface area contributed by atoms with E-state index in [0.29, 0.717) is 0 Å². The van der Waals surface area contributed by atoms with Gasteiger partial charge in [0.05, 0.1) is 6.61 Å². The van der Waals surface area contributed by atoms with Gasteiger partial charge in [0.15, 0.2) is 5.78 Å². The molecule has 1 aromatic rings. The van der Waals surface area contributed by atoms with Crippen molar-refractivity contribution in [2.75, 3.05) is 6.61 Å². The van der Waals surface area contributed by atoms with Gasteiger partial charge < -0.3 is 14.9 Å². The minimum atomic E-state index is -1.82. The fraction of sp³-hybridized carbons (Fsp3) is 0.286. The maximum absolute atomic E-state index is 11.8. The largest absolute Gasteiger partial charge is 0.423 e. The third-order valence-corrected chi connectivity index (χ3v) is 2.47. The third kappa shape index (κ3) is 3.74.